The largest absolute Gasteiger partial charge is 0.496 e. The van der Waals surface area contributed by atoms with E-state index in [1.807, 2.05) is 0 Å². The van der Waals surface area contributed by atoms with Gasteiger partial charge in [0.15, 0.2) is 11.6 Å². The molecule has 2 aromatic rings. The third kappa shape index (κ3) is 4.54. The van der Waals surface area contributed by atoms with Crippen LogP contribution in [0.25, 0.3) is 6.08 Å². The monoisotopic (exact) mass is 320 g/mol. The van der Waals surface area contributed by atoms with Crippen molar-refractivity contribution in [2.24, 2.45) is 0 Å². The van der Waals surface area contributed by atoms with Crippen LogP contribution in [0.1, 0.15) is 11.1 Å². The second kappa shape index (κ2) is 7.40. The van der Waals surface area contributed by atoms with Gasteiger partial charge < -0.3 is 14.6 Å². The van der Waals surface area contributed by atoms with E-state index in [0.29, 0.717) is 16.9 Å². The van der Waals surface area contributed by atoms with Gasteiger partial charge in [-0.2, -0.15) is 0 Å². The zero-order valence-corrected chi connectivity index (χ0v) is 12.3. The fourth-order valence-electron chi connectivity index (χ4n) is 1.93. The molecule has 0 radical (unpaired) electrons. The first-order chi connectivity index (χ1) is 11.0. The highest BCUT2D eigenvalue weighted by Gasteiger charge is 2.08. The normalized spacial score (nSPS) is 10.7. The van der Waals surface area contributed by atoms with Gasteiger partial charge in [0.25, 0.3) is 0 Å². The second-order valence-corrected chi connectivity index (χ2v) is 4.61. The van der Waals surface area contributed by atoms with Gasteiger partial charge in [-0.1, -0.05) is 6.07 Å². The number of ether oxygens (including phenoxy) is 2. The molecule has 0 aliphatic rings. The number of benzene rings is 2. The molecular formula is C17H14F2O4. The van der Waals surface area contributed by atoms with Crippen LogP contribution >= 0.6 is 0 Å². The van der Waals surface area contributed by atoms with Crippen LogP contribution in [0, 0.1) is 11.6 Å². The van der Waals surface area contributed by atoms with E-state index in [9.17, 15) is 13.6 Å². The molecule has 2 rings (SSSR count). The third-order valence-electron chi connectivity index (χ3n) is 3.00. The first kappa shape index (κ1) is 16.5. The number of hydrogen-bond acceptors (Lipinski definition) is 3. The highest BCUT2D eigenvalue weighted by molar-refractivity contribution is 5.85. The zero-order valence-electron chi connectivity index (χ0n) is 12.3. The van der Waals surface area contributed by atoms with Crippen LogP contribution in [0.4, 0.5) is 8.78 Å². The van der Waals surface area contributed by atoms with Gasteiger partial charge in [0.2, 0.25) is 0 Å². The van der Waals surface area contributed by atoms with E-state index < -0.39 is 17.6 Å². The summed E-state index contributed by atoms with van der Waals surface area (Å²) >= 11 is 0. The maximum absolute atomic E-state index is 13.6. The second-order valence-electron chi connectivity index (χ2n) is 4.61. The highest BCUT2D eigenvalue weighted by atomic mass is 19.1. The highest BCUT2D eigenvalue weighted by Crippen LogP contribution is 2.24. The summed E-state index contributed by atoms with van der Waals surface area (Å²) in [6, 6.07) is 8.03. The molecule has 0 aromatic heterocycles. The molecule has 120 valence electrons. The van der Waals surface area contributed by atoms with Crippen molar-refractivity contribution in [2.75, 3.05) is 7.11 Å². The molecule has 23 heavy (non-hydrogen) atoms. The van der Waals surface area contributed by atoms with E-state index in [-0.39, 0.29) is 12.4 Å². The average Bonchev–Trinajstić information content (AvgIpc) is 2.52. The summed E-state index contributed by atoms with van der Waals surface area (Å²) in [4.78, 5) is 10.5. The molecule has 2 aromatic carbocycles. The third-order valence-corrected chi connectivity index (χ3v) is 3.00. The molecule has 0 aliphatic heterocycles. The van der Waals surface area contributed by atoms with Gasteiger partial charge >= 0.3 is 5.97 Å². The van der Waals surface area contributed by atoms with Crippen molar-refractivity contribution in [3.05, 3.63) is 65.2 Å². The Morgan fingerprint density at radius 3 is 2.57 bits per heavy atom. The van der Waals surface area contributed by atoms with E-state index >= 15 is 0 Å². The minimum Gasteiger partial charge on any atom is -0.496 e. The van der Waals surface area contributed by atoms with E-state index in [4.69, 9.17) is 14.6 Å². The van der Waals surface area contributed by atoms with Gasteiger partial charge in [-0.05, 0) is 35.9 Å². The smallest absolute Gasteiger partial charge is 0.328 e. The molecule has 0 heterocycles. The van der Waals surface area contributed by atoms with Gasteiger partial charge in [-0.25, -0.2) is 13.6 Å². The molecule has 1 N–H and O–H groups in total. The Balaban J connectivity index is 2.20. The average molecular weight is 320 g/mol. The Hall–Kier alpha value is -2.89. The van der Waals surface area contributed by atoms with Crippen LogP contribution in [-0.4, -0.2) is 18.2 Å². The predicted octanol–water partition coefficient (Wildman–Crippen LogP) is 3.65. The first-order valence-corrected chi connectivity index (χ1v) is 6.65. The fourth-order valence-corrected chi connectivity index (χ4v) is 1.93. The lowest BCUT2D eigenvalue weighted by molar-refractivity contribution is -0.131. The van der Waals surface area contributed by atoms with Gasteiger partial charge in [-0.15, -0.1) is 0 Å². The summed E-state index contributed by atoms with van der Waals surface area (Å²) in [5, 5.41) is 8.64. The molecular weight excluding hydrogens is 306 g/mol. The molecule has 0 saturated carbocycles. The lowest BCUT2D eigenvalue weighted by Crippen LogP contribution is -2.01. The maximum Gasteiger partial charge on any atom is 0.328 e. The number of hydrogen-bond donors (Lipinski definition) is 1. The molecule has 0 atom stereocenters. The predicted molar refractivity (Wildman–Crippen MR) is 80.4 cm³/mol. The number of halogens is 2. The van der Waals surface area contributed by atoms with E-state index in [0.717, 1.165) is 18.2 Å². The molecule has 0 amide bonds. The van der Waals surface area contributed by atoms with Gasteiger partial charge in [0, 0.05) is 17.7 Å². The summed E-state index contributed by atoms with van der Waals surface area (Å²) < 4.78 is 36.9. The standard InChI is InChI=1S/C17H14F2O4/c1-22-15-5-2-11(3-7-17(20)21)8-12(15)10-23-16-6-4-13(18)9-14(16)19/h2-9H,10H2,1H3,(H,20,21)/b7-3+. The van der Waals surface area contributed by atoms with Crippen LogP contribution in [0.5, 0.6) is 11.5 Å². The first-order valence-electron chi connectivity index (χ1n) is 6.65. The zero-order chi connectivity index (χ0) is 16.8. The molecule has 4 nitrogen and oxygen atoms in total. The number of carbonyl (C=O) groups is 1. The maximum atomic E-state index is 13.6. The van der Waals surface area contributed by atoms with Crippen molar-refractivity contribution < 1.29 is 28.2 Å². The molecule has 0 unspecified atom stereocenters. The van der Waals surface area contributed by atoms with Crippen molar-refractivity contribution in [1.29, 1.82) is 0 Å². The topological polar surface area (TPSA) is 55.8 Å². The van der Waals surface area contributed by atoms with Crippen LogP contribution in [0.2, 0.25) is 0 Å². The fraction of sp³-hybridized carbons (Fsp3) is 0.118. The van der Waals surface area contributed by atoms with Crippen molar-refractivity contribution in [1.82, 2.24) is 0 Å². The number of methoxy groups -OCH3 is 1. The van der Waals surface area contributed by atoms with Gasteiger partial charge in [0.05, 0.1) is 7.11 Å². The summed E-state index contributed by atoms with van der Waals surface area (Å²) in [5.41, 5.74) is 1.23. The Bertz CT molecular complexity index is 741. The van der Waals surface area contributed by atoms with Crippen molar-refractivity contribution >= 4 is 12.0 Å². The number of rotatable bonds is 6. The van der Waals surface area contributed by atoms with Crippen molar-refractivity contribution in [3.8, 4) is 11.5 Å². The van der Waals surface area contributed by atoms with Gasteiger partial charge in [0.1, 0.15) is 18.2 Å². The lowest BCUT2D eigenvalue weighted by Gasteiger charge is -2.11. The Morgan fingerprint density at radius 1 is 1.17 bits per heavy atom. The Kier molecular flexibility index (Phi) is 5.30. The minimum absolute atomic E-state index is 0.0134. The summed E-state index contributed by atoms with van der Waals surface area (Å²) in [7, 11) is 1.48. The van der Waals surface area contributed by atoms with E-state index in [1.165, 1.54) is 19.3 Å². The molecule has 0 aliphatic carbocycles. The lowest BCUT2D eigenvalue weighted by atomic mass is 10.1. The molecule has 0 fully saturated rings. The van der Waals surface area contributed by atoms with Crippen LogP contribution < -0.4 is 9.47 Å². The molecule has 0 bridgehead atoms. The SMILES string of the molecule is COc1ccc(/C=C/C(=O)O)cc1COc1ccc(F)cc1F. The minimum atomic E-state index is -1.06. The van der Waals surface area contributed by atoms with Crippen LogP contribution in [0.15, 0.2) is 42.5 Å². The van der Waals surface area contributed by atoms with E-state index in [2.05, 4.69) is 0 Å². The van der Waals surface area contributed by atoms with E-state index in [1.54, 1.807) is 18.2 Å². The summed E-state index contributed by atoms with van der Waals surface area (Å²) in [6.07, 6.45) is 2.43. The Morgan fingerprint density at radius 2 is 1.91 bits per heavy atom. The van der Waals surface area contributed by atoms with Crippen molar-refractivity contribution in [3.63, 3.8) is 0 Å². The molecule has 0 saturated heterocycles. The molecule has 6 heteroatoms. The van der Waals surface area contributed by atoms with Crippen LogP contribution in [0.3, 0.4) is 0 Å². The van der Waals surface area contributed by atoms with Crippen molar-refractivity contribution in [2.45, 2.75) is 6.61 Å². The van der Waals surface area contributed by atoms with Gasteiger partial charge in [-0.3, -0.25) is 0 Å². The quantitative estimate of drug-likeness (QED) is 0.826. The van der Waals surface area contributed by atoms with Crippen LogP contribution in [-0.2, 0) is 11.4 Å². The number of carboxylic acid groups (broad SMARTS) is 1. The summed E-state index contributed by atoms with van der Waals surface area (Å²) in [5.74, 6) is -2.12. The number of carboxylic acids is 1. The Labute approximate surface area is 131 Å². The summed E-state index contributed by atoms with van der Waals surface area (Å²) in [6.45, 7) is -0.0134. The number of aliphatic carboxylic acids is 1. The molecule has 0 spiro atoms.